The first-order chi connectivity index (χ1) is 5.38. The highest BCUT2D eigenvalue weighted by molar-refractivity contribution is 5.18. The highest BCUT2D eigenvalue weighted by Crippen LogP contribution is 2.09. The highest BCUT2D eigenvalue weighted by Gasteiger charge is 2.04. The van der Waals surface area contributed by atoms with E-state index in [0.29, 0.717) is 0 Å². The fraction of sp³-hybridized carbons (Fsp3) is 0.333. The number of likely N-dealkylation sites (N-methyl/N-ethyl adjacent to an activating group) is 1. The second-order valence-electron chi connectivity index (χ2n) is 2.43. The van der Waals surface area contributed by atoms with Crippen LogP contribution < -0.4 is 5.32 Å². The monoisotopic (exact) mass is 151 g/mol. The summed E-state index contributed by atoms with van der Waals surface area (Å²) in [5.41, 5.74) is 1.12. The quantitative estimate of drug-likeness (QED) is 0.673. The highest BCUT2D eigenvalue weighted by atomic mass is 16.3. The summed E-state index contributed by atoms with van der Waals surface area (Å²) in [5.74, 6) is 0. The molecule has 0 spiro atoms. The van der Waals surface area contributed by atoms with E-state index in [9.17, 15) is 0 Å². The lowest BCUT2D eigenvalue weighted by Crippen LogP contribution is -2.19. The molecule has 0 aliphatic carbocycles. The van der Waals surface area contributed by atoms with Gasteiger partial charge in [-0.15, -0.1) is 0 Å². The van der Waals surface area contributed by atoms with Gasteiger partial charge < -0.3 is 10.4 Å². The minimum atomic E-state index is 0.0659. The van der Waals surface area contributed by atoms with Crippen molar-refractivity contribution < 1.29 is 5.11 Å². The number of benzene rings is 1. The summed E-state index contributed by atoms with van der Waals surface area (Å²) in [6, 6.07) is 9.96. The molecule has 11 heavy (non-hydrogen) atoms. The van der Waals surface area contributed by atoms with Crippen LogP contribution in [0.4, 0.5) is 0 Å². The van der Waals surface area contributed by atoms with Gasteiger partial charge in [0.05, 0.1) is 12.6 Å². The number of nitrogens with one attached hydrogen (secondary N) is 1. The van der Waals surface area contributed by atoms with E-state index in [0.717, 1.165) is 5.56 Å². The van der Waals surface area contributed by atoms with E-state index in [1.807, 2.05) is 37.4 Å². The van der Waals surface area contributed by atoms with E-state index in [2.05, 4.69) is 5.32 Å². The molecule has 60 valence electrons. The molecule has 1 atom stereocenters. The van der Waals surface area contributed by atoms with Gasteiger partial charge in [-0.2, -0.15) is 0 Å². The fourth-order valence-corrected chi connectivity index (χ4v) is 1.05. The van der Waals surface area contributed by atoms with Gasteiger partial charge in [0.25, 0.3) is 0 Å². The predicted molar refractivity (Wildman–Crippen MR) is 45.3 cm³/mol. The molecule has 1 aromatic carbocycles. The minimum Gasteiger partial charge on any atom is -0.394 e. The zero-order valence-corrected chi connectivity index (χ0v) is 6.62. The zero-order valence-electron chi connectivity index (χ0n) is 6.62. The van der Waals surface area contributed by atoms with Crippen LogP contribution in [0.25, 0.3) is 0 Å². The van der Waals surface area contributed by atoms with Gasteiger partial charge in [-0.25, -0.2) is 0 Å². The number of hydrogen-bond donors (Lipinski definition) is 2. The normalized spacial score (nSPS) is 12.9. The van der Waals surface area contributed by atoms with E-state index < -0.39 is 0 Å². The van der Waals surface area contributed by atoms with Crippen LogP contribution in [-0.2, 0) is 0 Å². The molecule has 0 amide bonds. The summed E-state index contributed by atoms with van der Waals surface area (Å²) >= 11 is 0. The van der Waals surface area contributed by atoms with Crippen molar-refractivity contribution in [2.24, 2.45) is 0 Å². The molecular formula is C9H13NO. The molecule has 0 saturated heterocycles. The van der Waals surface area contributed by atoms with Crippen LogP contribution in [0.1, 0.15) is 11.6 Å². The molecule has 2 N–H and O–H groups in total. The van der Waals surface area contributed by atoms with Gasteiger partial charge in [0, 0.05) is 0 Å². The molecule has 0 radical (unpaired) electrons. The van der Waals surface area contributed by atoms with Crippen LogP contribution in [0.5, 0.6) is 0 Å². The third-order valence-corrected chi connectivity index (χ3v) is 1.73. The summed E-state index contributed by atoms with van der Waals surface area (Å²) in [5, 5.41) is 11.9. The fourth-order valence-electron chi connectivity index (χ4n) is 1.05. The van der Waals surface area contributed by atoms with Crippen molar-refractivity contribution in [3.63, 3.8) is 0 Å². The van der Waals surface area contributed by atoms with Gasteiger partial charge in [-0.3, -0.25) is 0 Å². The summed E-state index contributed by atoms with van der Waals surface area (Å²) in [4.78, 5) is 0. The van der Waals surface area contributed by atoms with Crippen LogP contribution >= 0.6 is 0 Å². The number of aliphatic hydroxyl groups excluding tert-OH is 1. The Bertz CT molecular complexity index is 194. The molecule has 1 aromatic rings. The number of hydrogen-bond acceptors (Lipinski definition) is 2. The second kappa shape index (κ2) is 4.11. The molecule has 0 aromatic heterocycles. The molecular weight excluding hydrogens is 138 g/mol. The van der Waals surface area contributed by atoms with E-state index in [1.54, 1.807) is 0 Å². The number of rotatable bonds is 3. The van der Waals surface area contributed by atoms with Crippen molar-refractivity contribution in [3.8, 4) is 0 Å². The smallest absolute Gasteiger partial charge is 0.0626 e. The largest absolute Gasteiger partial charge is 0.394 e. The van der Waals surface area contributed by atoms with Gasteiger partial charge in [0.2, 0.25) is 0 Å². The third-order valence-electron chi connectivity index (χ3n) is 1.73. The first-order valence-electron chi connectivity index (χ1n) is 3.71. The van der Waals surface area contributed by atoms with Crippen LogP contribution in [0.3, 0.4) is 0 Å². The maximum atomic E-state index is 8.92. The van der Waals surface area contributed by atoms with Gasteiger partial charge in [0.1, 0.15) is 0 Å². The molecule has 0 aliphatic heterocycles. The lowest BCUT2D eigenvalue weighted by Gasteiger charge is -2.12. The van der Waals surface area contributed by atoms with Crippen molar-refractivity contribution in [3.05, 3.63) is 35.9 Å². The summed E-state index contributed by atoms with van der Waals surface area (Å²) in [7, 11) is 1.84. The Balaban J connectivity index is 2.74. The van der Waals surface area contributed by atoms with Gasteiger partial charge in [0.15, 0.2) is 0 Å². The van der Waals surface area contributed by atoms with Crippen molar-refractivity contribution in [2.45, 2.75) is 6.04 Å². The van der Waals surface area contributed by atoms with Gasteiger partial charge in [-0.1, -0.05) is 30.3 Å². The Labute approximate surface area is 66.9 Å². The summed E-state index contributed by atoms with van der Waals surface area (Å²) < 4.78 is 0. The van der Waals surface area contributed by atoms with Crippen molar-refractivity contribution in [1.29, 1.82) is 0 Å². The van der Waals surface area contributed by atoms with Crippen LogP contribution in [0.2, 0.25) is 0 Å². The topological polar surface area (TPSA) is 32.3 Å². The standard InChI is InChI=1S/C9H13NO/c1-10-9(7-11)8-5-3-2-4-6-8/h2-6,9-11H,7H2,1H3/t9-/m0/s1. The summed E-state index contributed by atoms with van der Waals surface area (Å²) in [6.45, 7) is 0.139. The molecule has 0 saturated carbocycles. The van der Waals surface area contributed by atoms with E-state index in [-0.39, 0.29) is 12.6 Å². The minimum absolute atomic E-state index is 0.0659. The Morgan fingerprint density at radius 1 is 1.36 bits per heavy atom. The molecule has 0 heterocycles. The van der Waals surface area contributed by atoms with Crippen molar-refractivity contribution in [2.75, 3.05) is 13.7 Å². The van der Waals surface area contributed by atoms with E-state index in [1.165, 1.54) is 0 Å². The van der Waals surface area contributed by atoms with Gasteiger partial charge in [-0.05, 0) is 12.6 Å². The maximum Gasteiger partial charge on any atom is 0.0626 e. The molecule has 0 aliphatic rings. The Hall–Kier alpha value is -0.860. The van der Waals surface area contributed by atoms with Gasteiger partial charge >= 0.3 is 0 Å². The lowest BCUT2D eigenvalue weighted by molar-refractivity contribution is 0.251. The zero-order chi connectivity index (χ0) is 8.10. The predicted octanol–water partition coefficient (Wildman–Crippen LogP) is 0.939. The third kappa shape index (κ3) is 2.03. The molecule has 2 nitrogen and oxygen atoms in total. The van der Waals surface area contributed by atoms with Crippen molar-refractivity contribution in [1.82, 2.24) is 5.32 Å². The second-order valence-corrected chi connectivity index (χ2v) is 2.43. The Morgan fingerprint density at radius 3 is 2.45 bits per heavy atom. The van der Waals surface area contributed by atoms with Crippen LogP contribution in [0, 0.1) is 0 Å². The summed E-state index contributed by atoms with van der Waals surface area (Å²) in [6.07, 6.45) is 0. The van der Waals surface area contributed by atoms with Crippen LogP contribution in [-0.4, -0.2) is 18.8 Å². The number of aliphatic hydroxyl groups is 1. The molecule has 0 unspecified atom stereocenters. The molecule has 1 rings (SSSR count). The lowest BCUT2D eigenvalue weighted by atomic mass is 10.1. The first kappa shape index (κ1) is 8.24. The van der Waals surface area contributed by atoms with E-state index in [4.69, 9.17) is 5.11 Å². The Morgan fingerprint density at radius 2 is 2.00 bits per heavy atom. The molecule has 0 fully saturated rings. The van der Waals surface area contributed by atoms with Crippen molar-refractivity contribution >= 4 is 0 Å². The molecule has 0 bridgehead atoms. The Kier molecular flexibility index (Phi) is 3.08. The SMILES string of the molecule is CN[C@@H](CO)c1ccccc1. The van der Waals surface area contributed by atoms with Crippen LogP contribution in [0.15, 0.2) is 30.3 Å². The maximum absolute atomic E-state index is 8.92. The van der Waals surface area contributed by atoms with E-state index >= 15 is 0 Å². The average Bonchev–Trinajstić information content (AvgIpc) is 2.09. The molecule has 2 heteroatoms. The first-order valence-corrected chi connectivity index (χ1v) is 3.71. The average molecular weight is 151 g/mol.